The Hall–Kier alpha value is -3.09. The van der Waals surface area contributed by atoms with E-state index in [-0.39, 0.29) is 12.3 Å². The number of pyridine rings is 1. The normalized spacial score (nSPS) is 14.9. The number of benzene rings is 2. The van der Waals surface area contributed by atoms with Crippen LogP contribution in [0, 0.1) is 13.8 Å². The third-order valence-corrected chi connectivity index (χ3v) is 6.01. The van der Waals surface area contributed by atoms with Crippen LogP contribution in [0.15, 0.2) is 42.5 Å². The summed E-state index contributed by atoms with van der Waals surface area (Å²) in [6.45, 7) is 3.70. The van der Waals surface area contributed by atoms with Crippen LogP contribution in [-0.2, 0) is 12.0 Å². The second-order valence-electron chi connectivity index (χ2n) is 8.49. The number of ether oxygens (including phenoxy) is 1. The standard InChI is InChI=1S/C25H25F3N2O2/c1-15-4-6-18(32-3)14-20(15)23(31)30-24(10-11-24)21-12-17(8-9-25(26,27)28)13-22-19(21)7-5-16(2)29-22/h4-7,12-14H,8-11H2,1-3H3,(H,30,31). The molecule has 1 aliphatic carbocycles. The molecule has 4 nitrogen and oxygen atoms in total. The van der Waals surface area contributed by atoms with Crippen molar-refractivity contribution in [3.8, 4) is 5.75 Å². The minimum Gasteiger partial charge on any atom is -0.497 e. The average Bonchev–Trinajstić information content (AvgIpc) is 3.51. The monoisotopic (exact) mass is 442 g/mol. The molecule has 32 heavy (non-hydrogen) atoms. The van der Waals surface area contributed by atoms with Gasteiger partial charge in [0, 0.05) is 23.1 Å². The van der Waals surface area contributed by atoms with Gasteiger partial charge in [0.25, 0.3) is 5.91 Å². The summed E-state index contributed by atoms with van der Waals surface area (Å²) in [4.78, 5) is 17.7. The summed E-state index contributed by atoms with van der Waals surface area (Å²) in [5, 5.41) is 4.01. The lowest BCUT2D eigenvalue weighted by atomic mass is 9.94. The van der Waals surface area contributed by atoms with E-state index in [4.69, 9.17) is 4.74 Å². The first-order chi connectivity index (χ1) is 15.1. The molecule has 1 N–H and O–H groups in total. The van der Waals surface area contributed by atoms with Gasteiger partial charge in [-0.05, 0) is 74.1 Å². The van der Waals surface area contributed by atoms with Crippen molar-refractivity contribution in [3.63, 3.8) is 0 Å². The number of aromatic nitrogens is 1. The number of halogens is 3. The van der Waals surface area contributed by atoms with Crippen LogP contribution in [0.5, 0.6) is 5.75 Å². The van der Waals surface area contributed by atoms with Gasteiger partial charge >= 0.3 is 6.18 Å². The summed E-state index contributed by atoms with van der Waals surface area (Å²) < 4.78 is 43.8. The zero-order chi connectivity index (χ0) is 23.1. The Labute approximate surface area is 184 Å². The van der Waals surface area contributed by atoms with E-state index in [0.29, 0.717) is 35.2 Å². The van der Waals surface area contributed by atoms with Crippen LogP contribution in [0.2, 0.25) is 0 Å². The zero-order valence-corrected chi connectivity index (χ0v) is 18.3. The van der Waals surface area contributed by atoms with Crippen molar-refractivity contribution in [1.82, 2.24) is 10.3 Å². The molecule has 0 aliphatic heterocycles. The Kier molecular flexibility index (Phi) is 5.61. The molecule has 0 atom stereocenters. The maximum Gasteiger partial charge on any atom is 0.389 e. The van der Waals surface area contributed by atoms with E-state index in [0.717, 1.165) is 22.2 Å². The largest absolute Gasteiger partial charge is 0.497 e. The van der Waals surface area contributed by atoms with E-state index < -0.39 is 18.1 Å². The van der Waals surface area contributed by atoms with E-state index in [2.05, 4.69) is 10.3 Å². The molecule has 2 aromatic carbocycles. The number of hydrogen-bond donors (Lipinski definition) is 1. The van der Waals surface area contributed by atoms with Crippen molar-refractivity contribution in [2.75, 3.05) is 7.11 Å². The Bertz CT molecular complexity index is 1180. The van der Waals surface area contributed by atoms with E-state index in [9.17, 15) is 18.0 Å². The second kappa shape index (κ2) is 8.11. The molecular weight excluding hydrogens is 417 g/mol. The molecule has 0 radical (unpaired) electrons. The molecule has 3 aromatic rings. The third-order valence-electron chi connectivity index (χ3n) is 6.01. The molecule has 1 aliphatic rings. The van der Waals surface area contributed by atoms with Crippen molar-refractivity contribution in [3.05, 3.63) is 70.4 Å². The fraction of sp³-hybridized carbons (Fsp3) is 0.360. The van der Waals surface area contributed by atoms with Crippen molar-refractivity contribution in [2.45, 2.75) is 51.2 Å². The first-order valence-corrected chi connectivity index (χ1v) is 10.5. The van der Waals surface area contributed by atoms with Gasteiger partial charge in [-0.2, -0.15) is 13.2 Å². The average molecular weight is 442 g/mol. The van der Waals surface area contributed by atoms with E-state index in [1.807, 2.05) is 32.0 Å². The predicted octanol–water partition coefficient (Wildman–Crippen LogP) is 5.77. The van der Waals surface area contributed by atoms with Gasteiger partial charge in [0.15, 0.2) is 0 Å². The first-order valence-electron chi connectivity index (χ1n) is 10.5. The van der Waals surface area contributed by atoms with Gasteiger partial charge in [-0.25, -0.2) is 0 Å². The molecule has 0 saturated heterocycles. The Balaban J connectivity index is 1.72. The lowest BCUT2D eigenvalue weighted by Crippen LogP contribution is -2.35. The van der Waals surface area contributed by atoms with Crippen molar-refractivity contribution >= 4 is 16.8 Å². The van der Waals surface area contributed by atoms with Crippen LogP contribution in [-0.4, -0.2) is 24.2 Å². The molecule has 4 rings (SSSR count). The van der Waals surface area contributed by atoms with Crippen molar-refractivity contribution in [1.29, 1.82) is 0 Å². The lowest BCUT2D eigenvalue weighted by molar-refractivity contribution is -0.134. The van der Waals surface area contributed by atoms with Crippen LogP contribution < -0.4 is 10.1 Å². The van der Waals surface area contributed by atoms with Crippen LogP contribution in [0.4, 0.5) is 13.2 Å². The fourth-order valence-corrected chi connectivity index (χ4v) is 4.07. The number of aryl methyl sites for hydroxylation is 3. The summed E-state index contributed by atoms with van der Waals surface area (Å²) in [5.74, 6) is 0.359. The van der Waals surface area contributed by atoms with Gasteiger partial charge in [0.1, 0.15) is 5.75 Å². The maximum absolute atomic E-state index is 13.2. The highest BCUT2D eigenvalue weighted by Gasteiger charge is 2.47. The summed E-state index contributed by atoms with van der Waals surface area (Å²) in [6.07, 6.45) is -3.82. The van der Waals surface area contributed by atoms with E-state index >= 15 is 0 Å². The number of methoxy groups -OCH3 is 1. The van der Waals surface area contributed by atoms with Crippen LogP contribution in [0.3, 0.4) is 0 Å². The minimum absolute atomic E-state index is 0.124. The van der Waals surface area contributed by atoms with Crippen LogP contribution in [0.1, 0.15) is 52.0 Å². The third kappa shape index (κ3) is 4.56. The number of fused-ring (bicyclic) bond motifs is 1. The molecule has 1 saturated carbocycles. The van der Waals surface area contributed by atoms with Gasteiger partial charge in [-0.1, -0.05) is 18.2 Å². The fourth-order valence-electron chi connectivity index (χ4n) is 4.07. The summed E-state index contributed by atoms with van der Waals surface area (Å²) in [7, 11) is 1.54. The van der Waals surface area contributed by atoms with Crippen molar-refractivity contribution < 1.29 is 22.7 Å². The molecule has 1 aromatic heterocycles. The zero-order valence-electron chi connectivity index (χ0n) is 18.3. The number of nitrogens with zero attached hydrogens (tertiary/aromatic N) is 1. The van der Waals surface area contributed by atoms with E-state index in [1.165, 1.54) is 0 Å². The number of nitrogens with one attached hydrogen (secondary N) is 1. The molecule has 168 valence electrons. The van der Waals surface area contributed by atoms with Gasteiger partial charge in [0.05, 0.1) is 18.2 Å². The van der Waals surface area contributed by atoms with Gasteiger partial charge in [-0.3, -0.25) is 9.78 Å². The molecule has 1 amide bonds. The van der Waals surface area contributed by atoms with Gasteiger partial charge in [-0.15, -0.1) is 0 Å². The maximum atomic E-state index is 13.2. The number of rotatable bonds is 6. The molecular formula is C25H25F3N2O2. The number of carbonyl (C=O) groups excluding carboxylic acids is 1. The molecule has 1 fully saturated rings. The quantitative estimate of drug-likeness (QED) is 0.527. The molecule has 0 unspecified atom stereocenters. The number of hydrogen-bond acceptors (Lipinski definition) is 3. The summed E-state index contributed by atoms with van der Waals surface area (Å²) in [5.41, 5.74) is 3.56. The lowest BCUT2D eigenvalue weighted by Gasteiger charge is -2.22. The molecule has 7 heteroatoms. The number of alkyl halides is 3. The molecule has 0 spiro atoms. The second-order valence-corrected chi connectivity index (χ2v) is 8.49. The van der Waals surface area contributed by atoms with Crippen molar-refractivity contribution in [2.24, 2.45) is 0 Å². The highest BCUT2D eigenvalue weighted by Crippen LogP contribution is 2.48. The molecule has 0 bridgehead atoms. The predicted molar refractivity (Wildman–Crippen MR) is 117 cm³/mol. The highest BCUT2D eigenvalue weighted by atomic mass is 19.4. The Morgan fingerprint density at radius 2 is 1.88 bits per heavy atom. The van der Waals surface area contributed by atoms with Gasteiger partial charge < -0.3 is 10.1 Å². The highest BCUT2D eigenvalue weighted by molar-refractivity contribution is 5.97. The van der Waals surface area contributed by atoms with Gasteiger partial charge in [0.2, 0.25) is 0 Å². The smallest absolute Gasteiger partial charge is 0.389 e. The Morgan fingerprint density at radius 1 is 1.12 bits per heavy atom. The van der Waals surface area contributed by atoms with E-state index in [1.54, 1.807) is 31.4 Å². The van der Waals surface area contributed by atoms with Crippen LogP contribution in [0.25, 0.3) is 10.9 Å². The minimum atomic E-state index is -4.23. The number of amides is 1. The van der Waals surface area contributed by atoms with Crippen LogP contribution >= 0.6 is 0 Å². The Morgan fingerprint density at radius 3 is 2.53 bits per heavy atom. The summed E-state index contributed by atoms with van der Waals surface area (Å²) >= 11 is 0. The molecule has 1 heterocycles. The summed E-state index contributed by atoms with van der Waals surface area (Å²) in [6, 6.07) is 12.7. The SMILES string of the molecule is COc1ccc(C)c(C(=O)NC2(c3cc(CCC(F)(F)F)cc4nc(C)ccc34)CC2)c1. The topological polar surface area (TPSA) is 51.2 Å². The first kappa shape index (κ1) is 22.1. The number of carbonyl (C=O) groups is 1.